The molecule has 3 heterocycles. The van der Waals surface area contributed by atoms with Gasteiger partial charge in [0.15, 0.2) is 29.7 Å². The summed E-state index contributed by atoms with van der Waals surface area (Å²) in [6.45, 7) is 0.803. The number of esters is 1. The summed E-state index contributed by atoms with van der Waals surface area (Å²) in [5.74, 6) is -3.97. The first-order chi connectivity index (χ1) is 22.3. The van der Waals surface area contributed by atoms with Gasteiger partial charge in [-0.25, -0.2) is 0 Å². The SMILES string of the molecule is CCCC(=O)O[C@H]1CO[C@@H](OC[C@H]2O[C@@H](Oc3c(-c4ccc(O)c(O)c4)oc4cc(O)cc(O)c4c3=O)[C@H](O)[C@@H](O)[C@@H]2O)[C@H](O)[C@H]1O. The lowest BCUT2D eigenvalue weighted by molar-refractivity contribution is -0.308. The maximum Gasteiger partial charge on any atom is 0.306 e. The monoisotopic (exact) mass is 666 g/mol. The lowest BCUT2D eigenvalue weighted by atomic mass is 9.99. The van der Waals surface area contributed by atoms with Crippen LogP contribution in [0.4, 0.5) is 0 Å². The van der Waals surface area contributed by atoms with Crippen LogP contribution in [0.15, 0.2) is 39.5 Å². The van der Waals surface area contributed by atoms with Gasteiger partial charge in [0.1, 0.15) is 59.1 Å². The first-order valence-corrected chi connectivity index (χ1v) is 14.5. The molecule has 2 aromatic carbocycles. The van der Waals surface area contributed by atoms with Crippen LogP contribution in [0.3, 0.4) is 0 Å². The number of rotatable bonds is 9. The number of carbonyl (C=O) groups excluding carboxylic acids is 1. The normalized spacial score (nSPS) is 29.4. The third-order valence-electron chi connectivity index (χ3n) is 7.65. The fourth-order valence-corrected chi connectivity index (χ4v) is 5.14. The van der Waals surface area contributed by atoms with E-state index in [4.69, 9.17) is 28.1 Å². The zero-order valence-electron chi connectivity index (χ0n) is 24.7. The predicted octanol–water partition coefficient (Wildman–Crippen LogP) is -0.725. The van der Waals surface area contributed by atoms with Crippen molar-refractivity contribution in [2.75, 3.05) is 13.2 Å². The Morgan fingerprint density at radius 1 is 0.872 bits per heavy atom. The average molecular weight is 667 g/mol. The van der Waals surface area contributed by atoms with Crippen LogP contribution in [-0.2, 0) is 23.7 Å². The topological polar surface area (TPSA) is 275 Å². The minimum Gasteiger partial charge on any atom is -0.508 e. The van der Waals surface area contributed by atoms with Crippen LogP contribution < -0.4 is 10.2 Å². The highest BCUT2D eigenvalue weighted by atomic mass is 16.7. The van der Waals surface area contributed by atoms with Gasteiger partial charge in [-0.2, -0.15) is 0 Å². The van der Waals surface area contributed by atoms with E-state index in [-0.39, 0.29) is 24.2 Å². The molecular weight excluding hydrogens is 632 g/mol. The van der Waals surface area contributed by atoms with Crippen molar-refractivity contribution in [2.24, 2.45) is 0 Å². The van der Waals surface area contributed by atoms with Crippen LogP contribution in [0, 0.1) is 0 Å². The van der Waals surface area contributed by atoms with Gasteiger partial charge in [-0.3, -0.25) is 9.59 Å². The van der Waals surface area contributed by atoms with Crippen molar-refractivity contribution >= 4 is 16.9 Å². The minimum atomic E-state index is -1.98. The van der Waals surface area contributed by atoms with Gasteiger partial charge in [-0.15, -0.1) is 0 Å². The fourth-order valence-electron chi connectivity index (χ4n) is 5.14. The highest BCUT2D eigenvalue weighted by Gasteiger charge is 2.47. The van der Waals surface area contributed by atoms with Crippen molar-refractivity contribution in [1.82, 2.24) is 0 Å². The molecule has 47 heavy (non-hydrogen) atoms. The molecule has 0 spiro atoms. The molecule has 256 valence electrons. The Hall–Kier alpha value is -4.20. The number of carbonyl (C=O) groups is 1. The van der Waals surface area contributed by atoms with Crippen molar-refractivity contribution in [3.63, 3.8) is 0 Å². The van der Waals surface area contributed by atoms with Crippen molar-refractivity contribution in [3.05, 3.63) is 40.6 Å². The second-order valence-electron chi connectivity index (χ2n) is 11.1. The smallest absolute Gasteiger partial charge is 0.306 e. The van der Waals surface area contributed by atoms with Crippen LogP contribution in [0.2, 0.25) is 0 Å². The van der Waals surface area contributed by atoms with Gasteiger partial charge in [0, 0.05) is 24.1 Å². The van der Waals surface area contributed by atoms with E-state index in [1.807, 2.05) is 0 Å². The fraction of sp³-hybridized carbons (Fsp3) is 0.467. The van der Waals surface area contributed by atoms with Crippen LogP contribution in [0.25, 0.3) is 22.3 Å². The Labute approximate surface area is 264 Å². The number of aromatic hydroxyl groups is 4. The second kappa shape index (κ2) is 13.9. The number of aliphatic hydroxyl groups is 5. The molecule has 17 heteroatoms. The Kier molecular flexibility index (Phi) is 10.1. The molecular formula is C30H34O17. The number of fused-ring (bicyclic) bond motifs is 1. The molecule has 9 N–H and O–H groups in total. The number of hydrogen-bond acceptors (Lipinski definition) is 17. The highest BCUT2D eigenvalue weighted by Crippen LogP contribution is 2.39. The summed E-state index contributed by atoms with van der Waals surface area (Å²) in [6.07, 6.45) is -14.5. The third-order valence-corrected chi connectivity index (χ3v) is 7.65. The Balaban J connectivity index is 1.39. The average Bonchev–Trinajstić information content (AvgIpc) is 3.02. The van der Waals surface area contributed by atoms with Crippen LogP contribution in [0.5, 0.6) is 28.7 Å². The molecule has 5 rings (SSSR count). The van der Waals surface area contributed by atoms with Crippen LogP contribution in [0.1, 0.15) is 19.8 Å². The number of phenols is 4. The van der Waals surface area contributed by atoms with E-state index in [2.05, 4.69) is 0 Å². The molecule has 0 radical (unpaired) electrons. The van der Waals surface area contributed by atoms with Gasteiger partial charge in [-0.1, -0.05) is 6.92 Å². The molecule has 2 aliphatic rings. The summed E-state index contributed by atoms with van der Waals surface area (Å²) in [7, 11) is 0. The summed E-state index contributed by atoms with van der Waals surface area (Å²) in [4.78, 5) is 25.4. The molecule has 0 bridgehead atoms. The van der Waals surface area contributed by atoms with Gasteiger partial charge in [-0.05, 0) is 24.6 Å². The van der Waals surface area contributed by atoms with Gasteiger partial charge < -0.3 is 74.1 Å². The molecule has 2 fully saturated rings. The first kappa shape index (κ1) is 34.1. The maximum atomic E-state index is 13.6. The number of benzene rings is 2. The zero-order chi connectivity index (χ0) is 34.2. The zero-order valence-corrected chi connectivity index (χ0v) is 24.7. The van der Waals surface area contributed by atoms with Gasteiger partial charge in [0.25, 0.3) is 0 Å². The molecule has 0 saturated carbocycles. The second-order valence-corrected chi connectivity index (χ2v) is 11.1. The molecule has 1 aromatic heterocycles. The lowest BCUT2D eigenvalue weighted by Gasteiger charge is -2.41. The molecule has 0 aliphatic carbocycles. The van der Waals surface area contributed by atoms with Crippen molar-refractivity contribution in [1.29, 1.82) is 0 Å². The molecule has 17 nitrogen and oxygen atoms in total. The molecule has 0 amide bonds. The van der Waals surface area contributed by atoms with E-state index in [0.717, 1.165) is 24.3 Å². The summed E-state index contributed by atoms with van der Waals surface area (Å²) < 4.78 is 33.1. The molecule has 0 unspecified atom stereocenters. The Bertz CT molecular complexity index is 1660. The van der Waals surface area contributed by atoms with Crippen LogP contribution >= 0.6 is 0 Å². The number of ether oxygens (including phenoxy) is 5. The summed E-state index contributed by atoms with van der Waals surface area (Å²) in [5.41, 5.74) is -1.37. The quantitative estimate of drug-likeness (QED) is 0.101. The maximum absolute atomic E-state index is 13.6. The molecule has 3 aromatic rings. The van der Waals surface area contributed by atoms with E-state index >= 15 is 0 Å². The first-order valence-electron chi connectivity index (χ1n) is 14.5. The number of aliphatic hydroxyl groups excluding tert-OH is 5. The van der Waals surface area contributed by atoms with Crippen molar-refractivity contribution < 1.29 is 78.9 Å². The van der Waals surface area contributed by atoms with E-state index < -0.39 is 113 Å². The third kappa shape index (κ3) is 6.92. The van der Waals surface area contributed by atoms with Crippen LogP contribution in [-0.4, -0.2) is 120 Å². The van der Waals surface area contributed by atoms with E-state index in [0.29, 0.717) is 6.42 Å². The van der Waals surface area contributed by atoms with Crippen molar-refractivity contribution in [2.45, 2.75) is 75.1 Å². The van der Waals surface area contributed by atoms with Gasteiger partial charge in [0.05, 0.1) is 13.2 Å². The molecule has 2 saturated heterocycles. The van der Waals surface area contributed by atoms with Crippen molar-refractivity contribution in [3.8, 4) is 40.1 Å². The summed E-state index contributed by atoms with van der Waals surface area (Å²) >= 11 is 0. The summed E-state index contributed by atoms with van der Waals surface area (Å²) in [5, 5.41) is 92.6. The largest absolute Gasteiger partial charge is 0.508 e. The minimum absolute atomic E-state index is 0.0384. The Morgan fingerprint density at radius 2 is 1.60 bits per heavy atom. The van der Waals surface area contributed by atoms with Gasteiger partial charge in [0.2, 0.25) is 17.5 Å². The van der Waals surface area contributed by atoms with E-state index in [9.17, 15) is 55.5 Å². The highest BCUT2D eigenvalue weighted by molar-refractivity contribution is 5.88. The van der Waals surface area contributed by atoms with E-state index in [1.54, 1.807) is 6.92 Å². The predicted molar refractivity (Wildman–Crippen MR) is 154 cm³/mol. The van der Waals surface area contributed by atoms with E-state index in [1.165, 1.54) is 6.07 Å². The Morgan fingerprint density at radius 3 is 2.30 bits per heavy atom. The lowest BCUT2D eigenvalue weighted by Crippen LogP contribution is -2.61. The molecule has 2 aliphatic heterocycles. The number of phenolic OH excluding ortho intramolecular Hbond substituents is 4. The summed E-state index contributed by atoms with van der Waals surface area (Å²) in [6, 6.07) is 5.22. The molecule has 9 atom stereocenters. The standard InChI is InChI=1S/C30H34O17/c1-2-3-19(35)44-17-9-42-29(25(40)22(17)37)43-10-18-21(36)24(39)26(41)30(46-18)47-28-23(38)20-15(34)7-12(31)8-16(20)45-27(28)11-4-5-13(32)14(33)6-11/h4-8,17-18,21-22,24-26,29-34,36-37,39-41H,2-3,9-10H2,1H3/t17-,18+,21+,22-,24-,25+,26+,29-,30-/m0/s1. The number of hydrogen-bond donors (Lipinski definition) is 9. The van der Waals surface area contributed by atoms with Gasteiger partial charge >= 0.3 is 5.97 Å².